The molecule has 0 aliphatic heterocycles. The predicted octanol–water partition coefficient (Wildman–Crippen LogP) is 1.93. The van der Waals surface area contributed by atoms with E-state index in [4.69, 9.17) is 5.73 Å². The molecule has 5 N–H and O–H groups in total. The van der Waals surface area contributed by atoms with Crippen LogP contribution in [0.4, 0.5) is 11.4 Å². The van der Waals surface area contributed by atoms with Gasteiger partial charge in [0, 0.05) is 11.4 Å². The normalized spacial score (nSPS) is 10.0. The van der Waals surface area contributed by atoms with Crippen LogP contribution in [0.1, 0.15) is 10.4 Å². The Morgan fingerprint density at radius 2 is 1.67 bits per heavy atom. The third-order valence-electron chi connectivity index (χ3n) is 2.39. The van der Waals surface area contributed by atoms with E-state index in [0.717, 1.165) is 0 Å². The Balaban J connectivity index is 2.28. The third kappa shape index (κ3) is 2.35. The van der Waals surface area contributed by atoms with Gasteiger partial charge in [0.15, 0.2) is 0 Å². The fraction of sp³-hybridized carbons (Fsp3) is 0. The van der Waals surface area contributed by atoms with Gasteiger partial charge in [-0.15, -0.1) is 0 Å². The average molecular weight is 244 g/mol. The molecule has 18 heavy (non-hydrogen) atoms. The van der Waals surface area contributed by atoms with Crippen molar-refractivity contribution in [1.82, 2.24) is 0 Å². The topological polar surface area (TPSA) is 95.6 Å². The quantitative estimate of drug-likeness (QED) is 0.607. The first kappa shape index (κ1) is 11.8. The highest BCUT2D eigenvalue weighted by molar-refractivity contribution is 6.08. The molecule has 5 heteroatoms. The monoisotopic (exact) mass is 244 g/mol. The highest BCUT2D eigenvalue weighted by atomic mass is 16.3. The fourth-order valence-electron chi connectivity index (χ4n) is 1.57. The molecule has 0 unspecified atom stereocenters. The summed E-state index contributed by atoms with van der Waals surface area (Å²) in [6, 6.07) is 10.7. The van der Waals surface area contributed by atoms with Crippen molar-refractivity contribution in [3.63, 3.8) is 0 Å². The van der Waals surface area contributed by atoms with Gasteiger partial charge in [0.1, 0.15) is 17.1 Å². The minimum Gasteiger partial charge on any atom is -0.507 e. The zero-order chi connectivity index (χ0) is 13.1. The van der Waals surface area contributed by atoms with Gasteiger partial charge in [-0.1, -0.05) is 12.1 Å². The molecule has 5 nitrogen and oxygen atoms in total. The summed E-state index contributed by atoms with van der Waals surface area (Å²) >= 11 is 0. The number of carbonyl (C=O) groups excluding carboxylic acids is 1. The molecule has 0 spiro atoms. The maximum Gasteiger partial charge on any atom is 0.263 e. The second-order valence-electron chi connectivity index (χ2n) is 3.75. The predicted molar refractivity (Wildman–Crippen MR) is 68.6 cm³/mol. The van der Waals surface area contributed by atoms with Crippen molar-refractivity contribution in [2.75, 3.05) is 11.1 Å². The Hall–Kier alpha value is -2.69. The van der Waals surface area contributed by atoms with E-state index in [1.54, 1.807) is 24.3 Å². The number of phenolic OH excluding ortho intramolecular Hbond substituents is 2. The number of carbonyl (C=O) groups is 1. The van der Waals surface area contributed by atoms with Crippen molar-refractivity contribution in [2.24, 2.45) is 0 Å². The Kier molecular flexibility index (Phi) is 3.05. The Bertz CT molecular complexity index is 576. The molecule has 0 radical (unpaired) electrons. The zero-order valence-electron chi connectivity index (χ0n) is 9.42. The zero-order valence-corrected chi connectivity index (χ0v) is 9.42. The van der Waals surface area contributed by atoms with Crippen molar-refractivity contribution in [3.05, 3.63) is 48.0 Å². The molecule has 0 saturated heterocycles. The van der Waals surface area contributed by atoms with E-state index in [0.29, 0.717) is 11.4 Å². The number of amides is 1. The van der Waals surface area contributed by atoms with Crippen LogP contribution in [-0.2, 0) is 0 Å². The molecule has 0 aromatic heterocycles. The molecule has 0 saturated carbocycles. The number of hydrogen-bond donors (Lipinski definition) is 4. The lowest BCUT2D eigenvalue weighted by Gasteiger charge is -2.08. The van der Waals surface area contributed by atoms with Crippen LogP contribution in [0.5, 0.6) is 11.5 Å². The first-order chi connectivity index (χ1) is 8.58. The first-order valence-electron chi connectivity index (χ1n) is 5.26. The summed E-state index contributed by atoms with van der Waals surface area (Å²) in [6.07, 6.45) is 0. The van der Waals surface area contributed by atoms with Crippen molar-refractivity contribution < 1.29 is 15.0 Å². The summed E-state index contributed by atoms with van der Waals surface area (Å²) in [7, 11) is 0. The third-order valence-corrected chi connectivity index (χ3v) is 2.39. The van der Waals surface area contributed by atoms with E-state index in [1.165, 1.54) is 18.2 Å². The van der Waals surface area contributed by atoms with E-state index in [-0.39, 0.29) is 17.1 Å². The molecule has 2 aromatic carbocycles. The largest absolute Gasteiger partial charge is 0.507 e. The van der Waals surface area contributed by atoms with Crippen molar-refractivity contribution >= 4 is 17.3 Å². The van der Waals surface area contributed by atoms with Crippen LogP contribution >= 0.6 is 0 Å². The molecule has 2 aromatic rings. The van der Waals surface area contributed by atoms with Gasteiger partial charge in [-0.3, -0.25) is 4.79 Å². The van der Waals surface area contributed by atoms with Gasteiger partial charge in [0.05, 0.1) is 0 Å². The number of nitrogens with one attached hydrogen (secondary N) is 1. The van der Waals surface area contributed by atoms with E-state index < -0.39 is 5.91 Å². The number of benzene rings is 2. The molecule has 92 valence electrons. The maximum atomic E-state index is 11.9. The average Bonchev–Trinajstić information content (AvgIpc) is 2.28. The molecule has 1 amide bonds. The Labute approximate surface area is 103 Å². The van der Waals surface area contributed by atoms with Gasteiger partial charge >= 0.3 is 0 Å². The SMILES string of the molecule is Nc1cccc(NC(=O)c2c(O)cccc2O)c1. The molecular formula is C13H12N2O3. The standard InChI is InChI=1S/C13H12N2O3/c14-8-3-1-4-9(7-8)15-13(18)12-10(16)5-2-6-11(12)17/h1-7,16-17H,14H2,(H,15,18). The number of rotatable bonds is 2. The molecule has 2 rings (SSSR count). The molecule has 0 heterocycles. The second kappa shape index (κ2) is 4.67. The van der Waals surface area contributed by atoms with Gasteiger partial charge in [0.25, 0.3) is 5.91 Å². The Morgan fingerprint density at radius 3 is 2.28 bits per heavy atom. The summed E-state index contributed by atoms with van der Waals surface area (Å²) in [4.78, 5) is 11.9. The van der Waals surface area contributed by atoms with E-state index >= 15 is 0 Å². The van der Waals surface area contributed by atoms with Crippen LogP contribution in [0.15, 0.2) is 42.5 Å². The lowest BCUT2D eigenvalue weighted by atomic mass is 10.1. The van der Waals surface area contributed by atoms with Gasteiger partial charge in [-0.05, 0) is 30.3 Å². The van der Waals surface area contributed by atoms with Crippen LogP contribution < -0.4 is 11.1 Å². The highest BCUT2D eigenvalue weighted by Crippen LogP contribution is 2.27. The van der Waals surface area contributed by atoms with Crippen molar-refractivity contribution in [2.45, 2.75) is 0 Å². The number of nitrogen functional groups attached to an aromatic ring is 1. The van der Waals surface area contributed by atoms with Gasteiger partial charge in [-0.25, -0.2) is 0 Å². The number of nitrogens with two attached hydrogens (primary N) is 1. The van der Waals surface area contributed by atoms with Crippen molar-refractivity contribution in [3.8, 4) is 11.5 Å². The van der Waals surface area contributed by atoms with E-state index in [1.807, 2.05) is 0 Å². The summed E-state index contributed by atoms with van der Waals surface area (Å²) in [5, 5.41) is 21.6. The molecule has 0 fully saturated rings. The number of hydrogen-bond acceptors (Lipinski definition) is 4. The minimum absolute atomic E-state index is 0.167. The number of phenols is 2. The summed E-state index contributed by atoms with van der Waals surface area (Å²) in [5.74, 6) is -1.16. The van der Waals surface area contributed by atoms with E-state index in [2.05, 4.69) is 5.32 Å². The molecule has 0 bridgehead atoms. The van der Waals surface area contributed by atoms with E-state index in [9.17, 15) is 15.0 Å². The van der Waals surface area contributed by atoms with Gasteiger partial charge in [0.2, 0.25) is 0 Å². The van der Waals surface area contributed by atoms with Gasteiger partial charge < -0.3 is 21.3 Å². The first-order valence-corrected chi connectivity index (χ1v) is 5.26. The Morgan fingerprint density at radius 1 is 1.06 bits per heavy atom. The lowest BCUT2D eigenvalue weighted by molar-refractivity contribution is 0.102. The lowest BCUT2D eigenvalue weighted by Crippen LogP contribution is -2.12. The van der Waals surface area contributed by atoms with Crippen molar-refractivity contribution in [1.29, 1.82) is 0 Å². The molecule has 0 aliphatic carbocycles. The number of anilines is 2. The van der Waals surface area contributed by atoms with Crippen LogP contribution in [0.2, 0.25) is 0 Å². The summed E-state index contributed by atoms with van der Waals surface area (Å²) in [5.41, 5.74) is 6.41. The summed E-state index contributed by atoms with van der Waals surface area (Å²) < 4.78 is 0. The van der Waals surface area contributed by atoms with Crippen LogP contribution in [0.25, 0.3) is 0 Å². The molecule has 0 atom stereocenters. The highest BCUT2D eigenvalue weighted by Gasteiger charge is 2.15. The van der Waals surface area contributed by atoms with Gasteiger partial charge in [-0.2, -0.15) is 0 Å². The minimum atomic E-state index is -0.601. The molecular weight excluding hydrogens is 232 g/mol. The second-order valence-corrected chi connectivity index (χ2v) is 3.75. The number of aromatic hydroxyl groups is 2. The van der Waals surface area contributed by atoms with Crippen LogP contribution in [0, 0.1) is 0 Å². The van der Waals surface area contributed by atoms with Crippen LogP contribution in [0.3, 0.4) is 0 Å². The summed E-state index contributed by atoms with van der Waals surface area (Å²) in [6.45, 7) is 0. The smallest absolute Gasteiger partial charge is 0.263 e. The molecule has 0 aliphatic rings. The van der Waals surface area contributed by atoms with Crippen LogP contribution in [-0.4, -0.2) is 16.1 Å². The maximum absolute atomic E-state index is 11.9. The fourth-order valence-corrected chi connectivity index (χ4v) is 1.57.